The van der Waals surface area contributed by atoms with Gasteiger partial charge >= 0.3 is 5.69 Å². The van der Waals surface area contributed by atoms with E-state index in [-0.39, 0.29) is 46.2 Å². The van der Waals surface area contributed by atoms with Gasteiger partial charge in [0, 0.05) is 24.5 Å². The van der Waals surface area contributed by atoms with Crippen molar-refractivity contribution in [1.29, 1.82) is 0 Å². The number of pyridine rings is 1. The lowest BCUT2D eigenvalue weighted by Gasteiger charge is -2.32. The molecule has 2 aromatic rings. The molecule has 1 aliphatic carbocycles. The first-order chi connectivity index (χ1) is 17.0. The van der Waals surface area contributed by atoms with Gasteiger partial charge in [-0.3, -0.25) is 18.7 Å². The van der Waals surface area contributed by atoms with Crippen LogP contribution < -0.4 is 16.6 Å². The summed E-state index contributed by atoms with van der Waals surface area (Å²) < 4.78 is 17.1. The molecule has 7 nitrogen and oxygen atoms in total. The maximum atomic E-state index is 14.1. The van der Waals surface area contributed by atoms with Crippen molar-refractivity contribution in [1.82, 2.24) is 19.4 Å². The number of hydrogen-bond donors (Lipinski definition) is 1. The third kappa shape index (κ3) is 6.21. The van der Waals surface area contributed by atoms with Crippen LogP contribution in [0, 0.1) is 17.2 Å². The molecule has 0 aromatic carbocycles. The molecule has 1 N–H and O–H groups in total. The summed E-state index contributed by atoms with van der Waals surface area (Å²) in [4.78, 5) is 43.9. The van der Waals surface area contributed by atoms with Crippen molar-refractivity contribution in [3.63, 3.8) is 0 Å². The zero-order chi connectivity index (χ0) is 26.0. The SMILES string of the molecule is CC(CC(=O)N[C@H]1CC[C@@H](n2c(=O)c3cc(F)cnc3n(C3CCSCC3)c2=O)CC1)CC(C)(C)C. The van der Waals surface area contributed by atoms with Crippen molar-refractivity contribution in [3.8, 4) is 0 Å². The van der Waals surface area contributed by atoms with Gasteiger partial charge in [0.2, 0.25) is 5.91 Å². The normalized spacial score (nSPS) is 22.5. The van der Waals surface area contributed by atoms with Crippen molar-refractivity contribution < 1.29 is 9.18 Å². The summed E-state index contributed by atoms with van der Waals surface area (Å²) in [5.74, 6) is 1.68. The molecular formula is C27H39FN4O3S. The molecule has 1 aliphatic heterocycles. The third-order valence-electron chi connectivity index (χ3n) is 7.40. The number of nitrogens with one attached hydrogen (secondary N) is 1. The van der Waals surface area contributed by atoms with E-state index in [9.17, 15) is 18.8 Å². The van der Waals surface area contributed by atoms with E-state index in [4.69, 9.17) is 0 Å². The fraction of sp³-hybridized carbons (Fsp3) is 0.704. The Morgan fingerprint density at radius 1 is 1.11 bits per heavy atom. The van der Waals surface area contributed by atoms with E-state index >= 15 is 0 Å². The Balaban J connectivity index is 1.52. The highest BCUT2D eigenvalue weighted by Gasteiger charge is 2.30. The Morgan fingerprint density at radius 2 is 1.75 bits per heavy atom. The molecule has 4 rings (SSSR count). The van der Waals surface area contributed by atoms with E-state index in [0.717, 1.165) is 37.0 Å². The second-order valence-corrected chi connectivity index (χ2v) is 13.1. The molecule has 2 aromatic heterocycles. The summed E-state index contributed by atoms with van der Waals surface area (Å²) in [6.45, 7) is 8.66. The van der Waals surface area contributed by atoms with Gasteiger partial charge in [-0.2, -0.15) is 11.8 Å². The molecule has 2 aliphatic rings. The van der Waals surface area contributed by atoms with Crippen LogP contribution in [-0.2, 0) is 4.79 Å². The fourth-order valence-corrected chi connectivity index (χ4v) is 7.08. The molecule has 198 valence electrons. The molecule has 1 saturated heterocycles. The van der Waals surface area contributed by atoms with E-state index in [0.29, 0.717) is 38.0 Å². The molecule has 3 heterocycles. The number of carbonyl (C=O) groups is 1. The predicted molar refractivity (Wildman–Crippen MR) is 143 cm³/mol. The highest BCUT2D eigenvalue weighted by molar-refractivity contribution is 7.99. The van der Waals surface area contributed by atoms with E-state index in [1.165, 1.54) is 10.6 Å². The number of thioether (sulfide) groups is 1. The quantitative estimate of drug-likeness (QED) is 0.592. The minimum atomic E-state index is -0.581. The van der Waals surface area contributed by atoms with E-state index in [1.54, 1.807) is 4.57 Å². The second kappa shape index (κ2) is 11.1. The zero-order valence-electron chi connectivity index (χ0n) is 21.9. The molecule has 1 amide bonds. The number of amides is 1. The van der Waals surface area contributed by atoms with E-state index in [2.05, 4.69) is 38.0 Å². The first-order valence-electron chi connectivity index (χ1n) is 13.2. The second-order valence-electron chi connectivity index (χ2n) is 11.8. The van der Waals surface area contributed by atoms with E-state index < -0.39 is 11.4 Å². The van der Waals surface area contributed by atoms with Gasteiger partial charge in [-0.25, -0.2) is 14.2 Å². The van der Waals surface area contributed by atoms with Gasteiger partial charge in [0.1, 0.15) is 11.5 Å². The van der Waals surface area contributed by atoms with Crippen LogP contribution in [0.4, 0.5) is 4.39 Å². The average molecular weight is 519 g/mol. The molecule has 2 fully saturated rings. The number of hydrogen-bond acceptors (Lipinski definition) is 5. The molecule has 1 unspecified atom stereocenters. The van der Waals surface area contributed by atoms with Crippen LogP contribution in [0.2, 0.25) is 0 Å². The van der Waals surface area contributed by atoms with E-state index in [1.807, 2.05) is 11.8 Å². The largest absolute Gasteiger partial charge is 0.353 e. The lowest BCUT2D eigenvalue weighted by Crippen LogP contribution is -2.46. The standard InChI is InChI=1S/C27H39FN4O3S/c1-17(15-27(2,3)4)13-23(33)30-19-5-7-20(8-6-19)32-25(34)22-14-18(28)16-29-24(22)31(26(32)35)21-9-11-36-12-10-21/h14,16-17,19-21H,5-13,15H2,1-4H3,(H,30,33)/t17?,19-,20+. The monoisotopic (exact) mass is 518 g/mol. The predicted octanol–water partition coefficient (Wildman–Crippen LogP) is 4.83. The summed E-state index contributed by atoms with van der Waals surface area (Å²) in [6, 6.07) is 0.939. The van der Waals surface area contributed by atoms with Crippen LogP contribution >= 0.6 is 11.8 Å². The molecule has 9 heteroatoms. The molecule has 0 spiro atoms. The van der Waals surface area contributed by atoms with Gasteiger partial charge in [0.05, 0.1) is 11.6 Å². The third-order valence-corrected chi connectivity index (χ3v) is 8.45. The van der Waals surface area contributed by atoms with Crippen molar-refractivity contribution in [2.24, 2.45) is 11.3 Å². The van der Waals surface area contributed by atoms with Crippen molar-refractivity contribution in [2.75, 3.05) is 11.5 Å². The van der Waals surface area contributed by atoms with Crippen LogP contribution in [0.15, 0.2) is 21.9 Å². The Labute approximate surface area is 216 Å². The van der Waals surface area contributed by atoms with Crippen molar-refractivity contribution >= 4 is 28.7 Å². The maximum Gasteiger partial charge on any atom is 0.333 e. The first kappa shape index (κ1) is 26.9. The van der Waals surface area contributed by atoms with Crippen molar-refractivity contribution in [3.05, 3.63) is 38.9 Å². The van der Waals surface area contributed by atoms with Crippen LogP contribution in [0.25, 0.3) is 11.0 Å². The summed E-state index contributed by atoms with van der Waals surface area (Å²) in [5.41, 5.74) is -0.337. The lowest BCUT2D eigenvalue weighted by atomic mass is 9.84. The molecular weight excluding hydrogens is 479 g/mol. The van der Waals surface area contributed by atoms with Gasteiger partial charge in [-0.15, -0.1) is 0 Å². The van der Waals surface area contributed by atoms with Crippen molar-refractivity contribution in [2.45, 2.75) is 97.2 Å². The Morgan fingerprint density at radius 3 is 2.39 bits per heavy atom. The highest BCUT2D eigenvalue weighted by atomic mass is 32.2. The Bertz CT molecular complexity index is 1200. The molecule has 1 saturated carbocycles. The zero-order valence-corrected chi connectivity index (χ0v) is 22.7. The lowest BCUT2D eigenvalue weighted by molar-refractivity contribution is -0.123. The number of fused-ring (bicyclic) bond motifs is 1. The number of halogens is 1. The van der Waals surface area contributed by atoms with Crippen LogP contribution in [0.3, 0.4) is 0 Å². The number of aromatic nitrogens is 3. The summed E-state index contributed by atoms with van der Waals surface area (Å²) in [5, 5.41) is 3.33. The Hall–Kier alpha value is -2.16. The fourth-order valence-electron chi connectivity index (χ4n) is 6.00. The van der Waals surface area contributed by atoms with Crippen LogP contribution in [-0.4, -0.2) is 37.6 Å². The number of nitrogens with zero attached hydrogens (tertiary/aromatic N) is 3. The molecule has 36 heavy (non-hydrogen) atoms. The minimum Gasteiger partial charge on any atom is -0.353 e. The number of rotatable bonds is 6. The maximum absolute atomic E-state index is 14.1. The molecule has 0 bridgehead atoms. The summed E-state index contributed by atoms with van der Waals surface area (Å²) >= 11 is 1.85. The summed E-state index contributed by atoms with van der Waals surface area (Å²) in [7, 11) is 0. The molecule has 0 radical (unpaired) electrons. The van der Waals surface area contributed by atoms with Gasteiger partial charge in [-0.1, -0.05) is 27.7 Å². The summed E-state index contributed by atoms with van der Waals surface area (Å²) in [6.07, 6.45) is 6.86. The van der Waals surface area contributed by atoms with Gasteiger partial charge in [0.15, 0.2) is 0 Å². The smallest absolute Gasteiger partial charge is 0.333 e. The topological polar surface area (TPSA) is 86.0 Å². The minimum absolute atomic E-state index is 0.0447. The Kier molecular flexibility index (Phi) is 8.27. The van der Waals surface area contributed by atoms with Gasteiger partial charge in [0.25, 0.3) is 5.56 Å². The van der Waals surface area contributed by atoms with Gasteiger partial charge in [-0.05, 0) is 73.9 Å². The first-order valence-corrected chi connectivity index (χ1v) is 14.4. The van der Waals surface area contributed by atoms with Crippen LogP contribution in [0.5, 0.6) is 0 Å². The van der Waals surface area contributed by atoms with Gasteiger partial charge < -0.3 is 5.32 Å². The highest BCUT2D eigenvalue weighted by Crippen LogP contribution is 2.31. The average Bonchev–Trinajstić information content (AvgIpc) is 2.80. The van der Waals surface area contributed by atoms with Crippen LogP contribution in [0.1, 0.15) is 91.1 Å². The molecule has 1 atom stereocenters. The number of carbonyl (C=O) groups excluding carboxylic acids is 1.